The quantitative estimate of drug-likeness (QED) is 0.841. The van der Waals surface area contributed by atoms with Gasteiger partial charge in [0.2, 0.25) is 0 Å². The molecule has 2 rings (SSSR count). The van der Waals surface area contributed by atoms with Crippen LogP contribution in [-0.2, 0) is 11.2 Å². The molecule has 2 heterocycles. The molecule has 0 amide bonds. The van der Waals surface area contributed by atoms with Gasteiger partial charge in [-0.1, -0.05) is 6.07 Å². The first-order valence-corrected chi connectivity index (χ1v) is 7.23. The summed E-state index contributed by atoms with van der Waals surface area (Å²) in [5, 5.41) is 10.8. The summed E-state index contributed by atoms with van der Waals surface area (Å²) in [5.74, 6) is 0. The monoisotopic (exact) mass is 255 g/mol. The van der Waals surface area contributed by atoms with Gasteiger partial charge in [-0.2, -0.15) is 0 Å². The molecule has 0 saturated carbocycles. The fourth-order valence-corrected chi connectivity index (χ4v) is 2.94. The smallest absolute Gasteiger partial charge is 0.0701 e. The summed E-state index contributed by atoms with van der Waals surface area (Å²) in [6.45, 7) is 4.04. The molecular formula is C13H21NO2S. The van der Waals surface area contributed by atoms with Gasteiger partial charge in [-0.25, -0.2) is 0 Å². The maximum Gasteiger partial charge on any atom is 0.0701 e. The van der Waals surface area contributed by atoms with Crippen LogP contribution < -0.4 is 0 Å². The lowest BCUT2D eigenvalue weighted by Gasteiger charge is -2.31. The van der Waals surface area contributed by atoms with Crippen molar-refractivity contribution in [2.45, 2.75) is 25.4 Å². The minimum atomic E-state index is 0.137. The van der Waals surface area contributed by atoms with Gasteiger partial charge in [0.05, 0.1) is 19.3 Å². The molecular weight excluding hydrogens is 234 g/mol. The Kier molecular flexibility index (Phi) is 5.45. The van der Waals surface area contributed by atoms with Crippen molar-refractivity contribution in [2.24, 2.45) is 0 Å². The van der Waals surface area contributed by atoms with E-state index in [4.69, 9.17) is 9.84 Å². The van der Waals surface area contributed by atoms with Crippen molar-refractivity contribution >= 4 is 11.3 Å². The van der Waals surface area contributed by atoms with Gasteiger partial charge in [0.15, 0.2) is 0 Å². The molecule has 0 bridgehead atoms. The van der Waals surface area contributed by atoms with Gasteiger partial charge in [0.25, 0.3) is 0 Å². The van der Waals surface area contributed by atoms with Gasteiger partial charge in [0, 0.05) is 24.5 Å². The molecule has 17 heavy (non-hydrogen) atoms. The number of piperidine rings is 1. The highest BCUT2D eigenvalue weighted by Gasteiger charge is 2.19. The Hall–Kier alpha value is -0.420. The number of ether oxygens (including phenoxy) is 1. The van der Waals surface area contributed by atoms with Gasteiger partial charge in [0.1, 0.15) is 0 Å². The van der Waals surface area contributed by atoms with Gasteiger partial charge in [-0.15, -0.1) is 11.3 Å². The number of thiophene rings is 1. The third-order valence-electron chi connectivity index (χ3n) is 3.23. The number of aliphatic hydroxyl groups excluding tert-OH is 1. The Bertz CT molecular complexity index is 294. The van der Waals surface area contributed by atoms with Crippen LogP contribution in [-0.4, -0.2) is 49.0 Å². The third kappa shape index (κ3) is 4.39. The molecule has 0 unspecified atom stereocenters. The molecule has 0 atom stereocenters. The van der Waals surface area contributed by atoms with Crippen LogP contribution in [0.1, 0.15) is 17.7 Å². The number of hydrogen-bond acceptors (Lipinski definition) is 4. The van der Waals surface area contributed by atoms with Crippen molar-refractivity contribution in [3.63, 3.8) is 0 Å². The zero-order chi connectivity index (χ0) is 11.9. The molecule has 1 aromatic rings. The van der Waals surface area contributed by atoms with Crippen LogP contribution >= 0.6 is 11.3 Å². The molecule has 0 aromatic carbocycles. The van der Waals surface area contributed by atoms with Gasteiger partial charge >= 0.3 is 0 Å². The van der Waals surface area contributed by atoms with E-state index in [-0.39, 0.29) is 6.61 Å². The van der Waals surface area contributed by atoms with E-state index in [1.54, 1.807) is 0 Å². The Morgan fingerprint density at radius 1 is 1.41 bits per heavy atom. The molecule has 1 N–H and O–H groups in total. The number of rotatable bonds is 6. The summed E-state index contributed by atoms with van der Waals surface area (Å²) in [6, 6.07) is 4.33. The Labute approximate surface area is 107 Å². The van der Waals surface area contributed by atoms with Crippen LogP contribution in [0.25, 0.3) is 0 Å². The predicted octanol–water partition coefficient (Wildman–Crippen LogP) is 1.76. The largest absolute Gasteiger partial charge is 0.394 e. The van der Waals surface area contributed by atoms with E-state index in [2.05, 4.69) is 22.4 Å². The Balaban J connectivity index is 1.62. The Morgan fingerprint density at radius 3 is 2.88 bits per heavy atom. The molecule has 1 fully saturated rings. The van der Waals surface area contributed by atoms with Gasteiger partial charge in [-0.05, 0) is 30.7 Å². The van der Waals surface area contributed by atoms with E-state index in [0.717, 1.165) is 32.5 Å². The summed E-state index contributed by atoms with van der Waals surface area (Å²) in [7, 11) is 0. The lowest BCUT2D eigenvalue weighted by atomic mass is 10.1. The van der Waals surface area contributed by atoms with E-state index in [0.29, 0.717) is 12.7 Å². The summed E-state index contributed by atoms with van der Waals surface area (Å²) >= 11 is 1.84. The molecule has 1 aromatic heterocycles. The van der Waals surface area contributed by atoms with Crippen molar-refractivity contribution in [1.82, 2.24) is 4.90 Å². The Morgan fingerprint density at radius 2 is 2.24 bits per heavy atom. The zero-order valence-electron chi connectivity index (χ0n) is 10.2. The second kappa shape index (κ2) is 7.11. The molecule has 4 heteroatoms. The summed E-state index contributed by atoms with van der Waals surface area (Å²) in [5.41, 5.74) is 0. The zero-order valence-corrected chi connectivity index (χ0v) is 11.0. The van der Waals surface area contributed by atoms with Crippen LogP contribution in [0.2, 0.25) is 0 Å². The highest BCUT2D eigenvalue weighted by Crippen LogP contribution is 2.15. The summed E-state index contributed by atoms with van der Waals surface area (Å²) in [4.78, 5) is 3.99. The standard InChI is InChI=1S/C13H21NO2S/c15-9-10-16-12-3-6-14(7-4-12)8-5-13-2-1-11-17-13/h1-2,11-12,15H,3-10H2. The minimum absolute atomic E-state index is 0.137. The number of nitrogens with zero attached hydrogens (tertiary/aromatic N) is 1. The molecule has 3 nitrogen and oxygen atoms in total. The van der Waals surface area contributed by atoms with E-state index in [1.165, 1.54) is 11.3 Å². The molecule has 96 valence electrons. The van der Waals surface area contributed by atoms with Gasteiger partial charge < -0.3 is 14.7 Å². The SMILES string of the molecule is OCCOC1CCN(CCc2cccs2)CC1. The highest BCUT2D eigenvalue weighted by molar-refractivity contribution is 7.09. The van der Waals surface area contributed by atoms with E-state index < -0.39 is 0 Å². The normalized spacial score (nSPS) is 18.6. The fourth-order valence-electron chi connectivity index (χ4n) is 2.24. The summed E-state index contributed by atoms with van der Waals surface area (Å²) in [6.07, 6.45) is 3.73. The van der Waals surface area contributed by atoms with E-state index >= 15 is 0 Å². The van der Waals surface area contributed by atoms with Crippen LogP contribution in [0.15, 0.2) is 17.5 Å². The summed E-state index contributed by atoms with van der Waals surface area (Å²) < 4.78 is 5.56. The first-order valence-electron chi connectivity index (χ1n) is 6.35. The molecule has 1 aliphatic rings. The van der Waals surface area contributed by atoms with Crippen molar-refractivity contribution in [3.05, 3.63) is 22.4 Å². The molecule has 0 radical (unpaired) electrons. The predicted molar refractivity (Wildman–Crippen MR) is 70.5 cm³/mol. The maximum atomic E-state index is 8.70. The fraction of sp³-hybridized carbons (Fsp3) is 0.692. The van der Waals surface area contributed by atoms with Crippen LogP contribution in [0.3, 0.4) is 0 Å². The highest BCUT2D eigenvalue weighted by atomic mass is 32.1. The number of aliphatic hydroxyl groups is 1. The van der Waals surface area contributed by atoms with E-state index in [1.807, 2.05) is 11.3 Å². The molecule has 1 saturated heterocycles. The van der Waals surface area contributed by atoms with Crippen LogP contribution in [0.5, 0.6) is 0 Å². The second-order valence-corrected chi connectivity index (χ2v) is 5.50. The van der Waals surface area contributed by atoms with E-state index in [9.17, 15) is 0 Å². The third-order valence-corrected chi connectivity index (χ3v) is 4.17. The number of likely N-dealkylation sites (tertiary alicyclic amines) is 1. The van der Waals surface area contributed by atoms with Crippen LogP contribution in [0.4, 0.5) is 0 Å². The van der Waals surface area contributed by atoms with Crippen molar-refractivity contribution in [3.8, 4) is 0 Å². The van der Waals surface area contributed by atoms with Gasteiger partial charge in [-0.3, -0.25) is 0 Å². The van der Waals surface area contributed by atoms with Crippen LogP contribution in [0, 0.1) is 0 Å². The topological polar surface area (TPSA) is 32.7 Å². The molecule has 0 aliphatic carbocycles. The lowest BCUT2D eigenvalue weighted by Crippen LogP contribution is -2.38. The average Bonchev–Trinajstić information content (AvgIpc) is 2.88. The van der Waals surface area contributed by atoms with Crippen molar-refractivity contribution in [2.75, 3.05) is 32.8 Å². The number of hydrogen-bond donors (Lipinski definition) is 1. The first-order chi connectivity index (χ1) is 8.38. The molecule has 1 aliphatic heterocycles. The average molecular weight is 255 g/mol. The second-order valence-electron chi connectivity index (χ2n) is 4.46. The minimum Gasteiger partial charge on any atom is -0.394 e. The van der Waals surface area contributed by atoms with Crippen molar-refractivity contribution in [1.29, 1.82) is 0 Å². The van der Waals surface area contributed by atoms with Crippen molar-refractivity contribution < 1.29 is 9.84 Å². The molecule has 0 spiro atoms. The first kappa shape index (κ1) is 13.0. The maximum absolute atomic E-state index is 8.70. The lowest BCUT2D eigenvalue weighted by molar-refractivity contribution is -0.00745.